The number of carbonyl (C=O) groups is 3. The zero-order valence-electron chi connectivity index (χ0n) is 9.77. The number of ketones is 2. The summed E-state index contributed by atoms with van der Waals surface area (Å²) >= 11 is 0. The molecule has 0 radical (unpaired) electrons. The molecule has 0 aliphatic heterocycles. The largest absolute Gasteiger partial charge is 0.481 e. The highest BCUT2D eigenvalue weighted by molar-refractivity contribution is 5.93. The number of aliphatic carboxylic acids is 1. The average Bonchev–Trinajstić information content (AvgIpc) is 2.14. The van der Waals surface area contributed by atoms with E-state index in [1.54, 1.807) is 18.3 Å². The highest BCUT2D eigenvalue weighted by atomic mass is 16.4. The van der Waals surface area contributed by atoms with Crippen molar-refractivity contribution in [3.05, 3.63) is 29.6 Å². The minimum Gasteiger partial charge on any atom is -0.481 e. The van der Waals surface area contributed by atoms with Crippen LogP contribution in [0.3, 0.4) is 0 Å². The van der Waals surface area contributed by atoms with Gasteiger partial charge in [0, 0.05) is 25.5 Å². The van der Waals surface area contributed by atoms with Gasteiger partial charge in [0.05, 0.1) is 6.42 Å². The zero-order chi connectivity index (χ0) is 13.0. The Bertz CT molecular complexity index is 445. The molecular formula is C12H14NO4+. The third kappa shape index (κ3) is 3.48. The summed E-state index contributed by atoms with van der Waals surface area (Å²) in [6, 6.07) is 3.22. The molecular weight excluding hydrogens is 222 g/mol. The summed E-state index contributed by atoms with van der Waals surface area (Å²) in [5, 5.41) is 8.76. The molecule has 5 nitrogen and oxygen atoms in total. The molecule has 1 aromatic heterocycles. The van der Waals surface area contributed by atoms with Crippen LogP contribution in [-0.2, 0) is 22.6 Å². The Morgan fingerprint density at radius 1 is 1.29 bits per heavy atom. The van der Waals surface area contributed by atoms with Gasteiger partial charge >= 0.3 is 5.97 Å². The van der Waals surface area contributed by atoms with Crippen LogP contribution in [0.15, 0.2) is 18.3 Å². The molecule has 1 N–H and O–H groups in total. The van der Waals surface area contributed by atoms with Crippen LogP contribution >= 0.6 is 0 Å². The molecule has 17 heavy (non-hydrogen) atoms. The van der Waals surface area contributed by atoms with Gasteiger partial charge in [-0.25, -0.2) is 0 Å². The van der Waals surface area contributed by atoms with Gasteiger partial charge in [-0.2, -0.15) is 4.57 Å². The Morgan fingerprint density at radius 2 is 1.94 bits per heavy atom. The number of Topliss-reactive ketones (excluding diaryl/α,β-unsaturated/α-hetero) is 2. The maximum Gasteiger partial charge on any atom is 0.308 e. The van der Waals surface area contributed by atoms with E-state index in [-0.39, 0.29) is 30.2 Å². The van der Waals surface area contributed by atoms with Crippen molar-refractivity contribution in [1.82, 2.24) is 0 Å². The van der Waals surface area contributed by atoms with Gasteiger partial charge in [0.15, 0.2) is 12.0 Å². The first kappa shape index (κ1) is 13.0. The summed E-state index contributed by atoms with van der Waals surface area (Å²) in [6.45, 7) is 2.85. The topological polar surface area (TPSA) is 75.3 Å². The fraction of sp³-hybridized carbons (Fsp3) is 0.333. The lowest BCUT2D eigenvalue weighted by molar-refractivity contribution is -0.686. The molecule has 0 spiro atoms. The zero-order valence-corrected chi connectivity index (χ0v) is 9.77. The summed E-state index contributed by atoms with van der Waals surface area (Å²) in [6.07, 6.45) is 1.37. The van der Waals surface area contributed by atoms with E-state index >= 15 is 0 Å². The van der Waals surface area contributed by atoms with Crippen molar-refractivity contribution in [3.8, 4) is 0 Å². The third-order valence-corrected chi connectivity index (χ3v) is 2.22. The minimum atomic E-state index is -1.01. The Hall–Kier alpha value is -2.04. The van der Waals surface area contributed by atoms with Crippen molar-refractivity contribution in [2.45, 2.75) is 26.8 Å². The van der Waals surface area contributed by atoms with Crippen molar-refractivity contribution in [2.75, 3.05) is 0 Å². The molecule has 0 saturated carbocycles. The second-order valence-corrected chi connectivity index (χ2v) is 3.84. The van der Waals surface area contributed by atoms with Gasteiger partial charge in [-0.1, -0.05) is 0 Å². The van der Waals surface area contributed by atoms with Crippen LogP contribution in [0.1, 0.15) is 29.9 Å². The number of carbonyl (C=O) groups excluding carboxylic acids is 2. The highest BCUT2D eigenvalue weighted by Gasteiger charge is 2.22. The van der Waals surface area contributed by atoms with Gasteiger partial charge in [-0.3, -0.25) is 14.4 Å². The van der Waals surface area contributed by atoms with Crippen LogP contribution in [0.25, 0.3) is 0 Å². The maximum absolute atomic E-state index is 11.5. The van der Waals surface area contributed by atoms with Crippen LogP contribution in [-0.4, -0.2) is 22.6 Å². The van der Waals surface area contributed by atoms with Gasteiger partial charge in [-0.05, 0) is 6.07 Å². The lowest BCUT2D eigenvalue weighted by atomic mass is 10.1. The molecule has 0 aliphatic carbocycles. The van der Waals surface area contributed by atoms with Crippen molar-refractivity contribution >= 4 is 17.5 Å². The Kier molecular flexibility index (Phi) is 4.09. The smallest absolute Gasteiger partial charge is 0.308 e. The molecule has 0 bridgehead atoms. The maximum atomic E-state index is 11.5. The molecule has 1 heterocycles. The minimum absolute atomic E-state index is 0.0718. The van der Waals surface area contributed by atoms with E-state index < -0.39 is 5.97 Å². The fourth-order valence-corrected chi connectivity index (χ4v) is 1.71. The van der Waals surface area contributed by atoms with Crippen molar-refractivity contribution < 1.29 is 24.1 Å². The van der Waals surface area contributed by atoms with Gasteiger partial charge < -0.3 is 5.11 Å². The first-order valence-electron chi connectivity index (χ1n) is 5.15. The van der Waals surface area contributed by atoms with Crippen LogP contribution in [0.2, 0.25) is 0 Å². The second kappa shape index (κ2) is 5.34. The van der Waals surface area contributed by atoms with Crippen molar-refractivity contribution in [1.29, 1.82) is 0 Å². The molecule has 0 aliphatic rings. The number of nitrogens with zero attached hydrogens (tertiary/aromatic N) is 1. The third-order valence-electron chi connectivity index (χ3n) is 2.22. The van der Waals surface area contributed by atoms with Crippen LogP contribution in [0, 0.1) is 0 Å². The van der Waals surface area contributed by atoms with Gasteiger partial charge in [0.1, 0.15) is 0 Å². The van der Waals surface area contributed by atoms with Crippen LogP contribution < -0.4 is 4.57 Å². The summed E-state index contributed by atoms with van der Waals surface area (Å²) in [5.41, 5.74) is 0.707. The molecule has 0 fully saturated rings. The molecule has 0 saturated heterocycles. The first-order chi connectivity index (χ1) is 7.91. The first-order valence-corrected chi connectivity index (χ1v) is 5.15. The molecule has 0 atom stereocenters. The number of aromatic nitrogens is 1. The number of carboxylic acids is 1. The van der Waals surface area contributed by atoms with E-state index in [1.165, 1.54) is 18.4 Å². The molecule has 0 aromatic carbocycles. The summed E-state index contributed by atoms with van der Waals surface area (Å²) < 4.78 is 1.49. The highest BCUT2D eigenvalue weighted by Crippen LogP contribution is 2.06. The lowest BCUT2D eigenvalue weighted by Crippen LogP contribution is -2.43. The number of hydrogen-bond donors (Lipinski definition) is 1. The molecule has 5 heteroatoms. The fourth-order valence-electron chi connectivity index (χ4n) is 1.71. The van der Waals surface area contributed by atoms with Gasteiger partial charge in [0.2, 0.25) is 12.3 Å². The monoisotopic (exact) mass is 236 g/mol. The number of rotatable bonds is 5. The summed E-state index contributed by atoms with van der Waals surface area (Å²) in [4.78, 5) is 33.3. The molecule has 1 rings (SSSR count). The van der Waals surface area contributed by atoms with Crippen LogP contribution in [0.5, 0.6) is 0 Å². The number of hydrogen-bond acceptors (Lipinski definition) is 3. The predicted molar refractivity (Wildman–Crippen MR) is 58.7 cm³/mol. The molecule has 90 valence electrons. The van der Waals surface area contributed by atoms with Crippen molar-refractivity contribution in [3.63, 3.8) is 0 Å². The molecule has 1 aromatic rings. The summed E-state index contributed by atoms with van der Waals surface area (Å²) in [7, 11) is 0. The predicted octanol–water partition coefficient (Wildman–Crippen LogP) is 0.393. The van der Waals surface area contributed by atoms with E-state index in [4.69, 9.17) is 5.11 Å². The normalized spacial score (nSPS) is 10.0. The number of pyridine rings is 1. The van der Waals surface area contributed by atoms with E-state index in [0.717, 1.165) is 0 Å². The number of carboxylic acid groups (broad SMARTS) is 1. The van der Waals surface area contributed by atoms with E-state index in [2.05, 4.69) is 0 Å². The van der Waals surface area contributed by atoms with E-state index in [9.17, 15) is 14.4 Å². The summed E-state index contributed by atoms with van der Waals surface area (Å²) in [5.74, 6) is -1.35. The SMILES string of the molecule is CC(=O)C[n+]1cccc(CC(=O)O)c1C(C)=O. The van der Waals surface area contributed by atoms with Gasteiger partial charge in [0.25, 0.3) is 5.69 Å². The lowest BCUT2D eigenvalue weighted by Gasteiger charge is -2.04. The van der Waals surface area contributed by atoms with E-state index in [1.807, 2.05) is 0 Å². The van der Waals surface area contributed by atoms with Crippen LogP contribution in [0.4, 0.5) is 0 Å². The quantitative estimate of drug-likeness (QED) is 0.593. The Balaban J connectivity index is 3.26. The average molecular weight is 236 g/mol. The Morgan fingerprint density at radius 3 is 2.41 bits per heavy atom. The van der Waals surface area contributed by atoms with E-state index in [0.29, 0.717) is 5.56 Å². The molecule has 0 unspecified atom stereocenters. The second-order valence-electron chi connectivity index (χ2n) is 3.84. The van der Waals surface area contributed by atoms with Gasteiger partial charge in [-0.15, -0.1) is 0 Å². The Labute approximate surface area is 98.7 Å². The standard InChI is InChI=1S/C12H13NO4/c1-8(14)7-13-5-3-4-10(6-11(16)17)12(13)9(2)15/h3-5H,6-7H2,1-2H3/p+1. The van der Waals surface area contributed by atoms with Crippen molar-refractivity contribution in [2.24, 2.45) is 0 Å². The molecule has 0 amide bonds.